The van der Waals surface area contributed by atoms with Crippen LogP contribution in [0.25, 0.3) is 0 Å². The first kappa shape index (κ1) is 33.3. The van der Waals surface area contributed by atoms with Gasteiger partial charge in [0.05, 0.1) is 22.1 Å². The Bertz CT molecular complexity index is 1720. The van der Waals surface area contributed by atoms with Crippen LogP contribution in [0, 0.1) is 11.7 Å². The molecular weight excluding hydrogens is 608 g/mol. The van der Waals surface area contributed by atoms with Crippen molar-refractivity contribution in [1.29, 1.82) is 0 Å². The van der Waals surface area contributed by atoms with Crippen LogP contribution in [-0.2, 0) is 16.8 Å². The summed E-state index contributed by atoms with van der Waals surface area (Å²) in [5, 5.41) is 13.7. The molecule has 1 fully saturated rings. The van der Waals surface area contributed by atoms with Gasteiger partial charge in [-0.1, -0.05) is 35.9 Å². The average molecular weight is 634 g/mol. The summed E-state index contributed by atoms with van der Waals surface area (Å²) in [6.45, 7) is 0.419. The Labute approximate surface area is 278 Å². The fourth-order valence-electron chi connectivity index (χ4n) is 5.77. The molecule has 2 heterocycles. The number of esters is 1. The Balaban J connectivity index is 0.00000442. The van der Waals surface area contributed by atoms with Gasteiger partial charge in [-0.2, -0.15) is 0 Å². The van der Waals surface area contributed by atoms with E-state index in [1.165, 1.54) is 52.1 Å². The molecule has 2 aliphatic rings. The second kappa shape index (κ2) is 13.2. The molecule has 224 valence electrons. The molecule has 1 aromatic heterocycles. The molecular formula is C30H26ClFN3NaO8. The summed E-state index contributed by atoms with van der Waals surface area (Å²) in [6.07, 6.45) is 2.36. The monoisotopic (exact) mass is 633 g/mol. The van der Waals surface area contributed by atoms with Crippen molar-refractivity contribution >= 4 is 35.4 Å². The van der Waals surface area contributed by atoms with Crippen LogP contribution in [0.15, 0.2) is 53.5 Å². The van der Waals surface area contributed by atoms with Crippen LogP contribution in [0.2, 0.25) is 5.02 Å². The van der Waals surface area contributed by atoms with Gasteiger partial charge in [-0.3, -0.25) is 14.4 Å². The maximum Gasteiger partial charge on any atom is 1.00 e. The minimum Gasteiger partial charge on any atom is -0.545 e. The molecule has 3 aromatic rings. The Morgan fingerprint density at radius 3 is 2.50 bits per heavy atom. The van der Waals surface area contributed by atoms with E-state index in [0.717, 1.165) is 6.07 Å². The molecule has 0 unspecified atom stereocenters. The number of carboxylic acids is 1. The molecule has 0 saturated heterocycles. The fourth-order valence-corrected chi connectivity index (χ4v) is 5.96. The van der Waals surface area contributed by atoms with Gasteiger partial charge in [0.15, 0.2) is 5.69 Å². The number of carbonyl (C=O) groups is 4. The second-order valence-electron chi connectivity index (χ2n) is 10.7. The SMILES string of the molecule is COCC1CC2(C1)CN(C)C(=O)c1c(OC(=O)c3cccc(C(=O)[O-])c3)c(=O)c(C(=O)NCc3cccc(Cl)c3F)cn12.[Na+]. The smallest absolute Gasteiger partial charge is 0.545 e. The molecule has 1 saturated carbocycles. The van der Waals surface area contributed by atoms with Gasteiger partial charge in [0, 0.05) is 45.6 Å². The van der Waals surface area contributed by atoms with Crippen LogP contribution >= 0.6 is 11.6 Å². The number of likely N-dealkylation sites (N-methyl/N-ethyl adjacent to an activating group) is 1. The molecule has 5 rings (SSSR count). The zero-order valence-electron chi connectivity index (χ0n) is 24.1. The molecule has 1 aliphatic heterocycles. The van der Waals surface area contributed by atoms with E-state index in [0.29, 0.717) is 19.4 Å². The zero-order chi connectivity index (χ0) is 31.1. The number of ether oxygens (including phenoxy) is 2. The van der Waals surface area contributed by atoms with E-state index in [-0.39, 0.29) is 76.0 Å². The van der Waals surface area contributed by atoms with Crippen LogP contribution in [0.4, 0.5) is 4.39 Å². The Morgan fingerprint density at radius 1 is 1.14 bits per heavy atom. The number of benzene rings is 2. The van der Waals surface area contributed by atoms with E-state index >= 15 is 0 Å². The summed E-state index contributed by atoms with van der Waals surface area (Å²) < 4.78 is 26.7. The number of carboxylic acid groups (broad SMARTS) is 1. The van der Waals surface area contributed by atoms with Crippen molar-refractivity contribution in [1.82, 2.24) is 14.8 Å². The van der Waals surface area contributed by atoms with Crippen molar-refractivity contribution in [2.45, 2.75) is 24.9 Å². The summed E-state index contributed by atoms with van der Waals surface area (Å²) in [7, 11) is 3.13. The summed E-state index contributed by atoms with van der Waals surface area (Å²) in [5.41, 5.74) is -2.89. The van der Waals surface area contributed by atoms with E-state index in [9.17, 15) is 33.5 Å². The predicted octanol–water partition coefficient (Wildman–Crippen LogP) is -1.01. The van der Waals surface area contributed by atoms with Gasteiger partial charge >= 0.3 is 35.5 Å². The summed E-state index contributed by atoms with van der Waals surface area (Å²) in [4.78, 5) is 66.5. The maximum atomic E-state index is 14.4. The van der Waals surface area contributed by atoms with Crippen molar-refractivity contribution in [3.63, 3.8) is 0 Å². The van der Waals surface area contributed by atoms with E-state index in [4.69, 9.17) is 21.1 Å². The molecule has 14 heteroatoms. The number of hydrogen-bond donors (Lipinski definition) is 1. The Kier molecular flexibility index (Phi) is 10.0. The third-order valence-electron chi connectivity index (χ3n) is 7.74. The van der Waals surface area contributed by atoms with Crippen LogP contribution in [0.1, 0.15) is 60.0 Å². The first-order valence-electron chi connectivity index (χ1n) is 13.2. The van der Waals surface area contributed by atoms with Crippen molar-refractivity contribution in [2.24, 2.45) is 5.92 Å². The van der Waals surface area contributed by atoms with Gasteiger partial charge in [0.25, 0.3) is 11.8 Å². The number of methoxy groups -OCH3 is 1. The number of hydrogen-bond acceptors (Lipinski definition) is 8. The number of nitrogens with zero attached hydrogens (tertiary/aromatic N) is 2. The van der Waals surface area contributed by atoms with E-state index < -0.39 is 51.9 Å². The Hall–Kier alpha value is -3.55. The van der Waals surface area contributed by atoms with Gasteiger partial charge in [-0.25, -0.2) is 9.18 Å². The normalized spacial score (nSPS) is 18.6. The van der Waals surface area contributed by atoms with Crippen molar-refractivity contribution in [3.8, 4) is 5.75 Å². The van der Waals surface area contributed by atoms with Gasteiger partial charge in [-0.15, -0.1) is 0 Å². The number of nitrogens with one attached hydrogen (secondary N) is 1. The number of pyridine rings is 1. The predicted molar refractivity (Wildman–Crippen MR) is 149 cm³/mol. The molecule has 1 N–H and O–H groups in total. The molecule has 2 aromatic carbocycles. The van der Waals surface area contributed by atoms with E-state index in [2.05, 4.69) is 5.32 Å². The zero-order valence-corrected chi connectivity index (χ0v) is 26.9. The molecule has 44 heavy (non-hydrogen) atoms. The van der Waals surface area contributed by atoms with Gasteiger partial charge in [0.2, 0.25) is 11.2 Å². The van der Waals surface area contributed by atoms with Crippen molar-refractivity contribution in [3.05, 3.63) is 97.7 Å². The topological polar surface area (TPSA) is 147 Å². The molecule has 1 aliphatic carbocycles. The molecule has 1 spiro atoms. The number of aromatic nitrogens is 1. The molecule has 11 nitrogen and oxygen atoms in total. The molecule has 0 atom stereocenters. The van der Waals surface area contributed by atoms with E-state index in [1.54, 1.807) is 14.2 Å². The van der Waals surface area contributed by atoms with Gasteiger partial charge in [-0.05, 0) is 42.5 Å². The van der Waals surface area contributed by atoms with Crippen LogP contribution in [-0.4, -0.2) is 60.5 Å². The third kappa shape index (κ3) is 6.18. The molecule has 2 amide bonds. The van der Waals surface area contributed by atoms with Gasteiger partial charge in [0.1, 0.15) is 11.4 Å². The summed E-state index contributed by atoms with van der Waals surface area (Å²) in [5.74, 6) is -5.44. The van der Waals surface area contributed by atoms with Crippen LogP contribution < -0.4 is 50.1 Å². The number of fused-ring (bicyclic) bond motifs is 2. The number of halogens is 2. The Morgan fingerprint density at radius 2 is 1.82 bits per heavy atom. The molecule has 0 bridgehead atoms. The van der Waals surface area contributed by atoms with Crippen LogP contribution in [0.5, 0.6) is 5.75 Å². The standard InChI is InChI=1S/C30H27ClFN3O8.Na/c1-34-15-30(10-16(11-30)14-42-2)35-13-20(26(37)33-12-19-7-4-8-21(31)22(19)32)24(36)25(23(35)27(34)38)43-29(41)18-6-3-5-17(9-18)28(39)40;/h3-9,13,16H,10-12,14-15H2,1-2H3,(H,33,37)(H,39,40);/q;+1/p-1. The summed E-state index contributed by atoms with van der Waals surface area (Å²) in [6, 6.07) is 9.06. The van der Waals surface area contributed by atoms with Crippen LogP contribution in [0.3, 0.4) is 0 Å². The fraction of sp³-hybridized carbons (Fsp3) is 0.300. The van der Waals surface area contributed by atoms with Crippen molar-refractivity contribution in [2.75, 3.05) is 27.3 Å². The minimum absolute atomic E-state index is 0. The quantitative estimate of drug-likeness (QED) is 0.245. The number of amides is 2. The first-order chi connectivity index (χ1) is 20.5. The van der Waals surface area contributed by atoms with Gasteiger partial charge < -0.3 is 34.2 Å². The second-order valence-corrected chi connectivity index (χ2v) is 11.1. The largest absolute Gasteiger partial charge is 1.00 e. The number of carbonyl (C=O) groups excluding carboxylic acids is 4. The molecule has 0 radical (unpaired) electrons. The number of rotatable bonds is 8. The average Bonchev–Trinajstić information content (AvgIpc) is 2.96. The third-order valence-corrected chi connectivity index (χ3v) is 8.03. The number of aromatic carboxylic acids is 1. The van der Waals surface area contributed by atoms with Crippen molar-refractivity contribution < 1.29 is 67.7 Å². The summed E-state index contributed by atoms with van der Waals surface area (Å²) >= 11 is 5.84. The first-order valence-corrected chi connectivity index (χ1v) is 13.6. The maximum absolute atomic E-state index is 14.4. The van der Waals surface area contributed by atoms with E-state index in [1.807, 2.05) is 0 Å². The minimum atomic E-state index is -1.53.